The number of nitrogens with one attached hydrogen (secondary N) is 4. The van der Waals surface area contributed by atoms with Crippen LogP contribution in [0.1, 0.15) is 23.6 Å². The first-order valence-corrected chi connectivity index (χ1v) is 9.45. The van der Waals surface area contributed by atoms with Crippen LogP contribution in [-0.4, -0.2) is 36.3 Å². The number of amides is 2. The number of rotatable bonds is 7. The monoisotopic (exact) mass is 391 g/mol. The van der Waals surface area contributed by atoms with Crippen molar-refractivity contribution < 1.29 is 9.59 Å². The van der Waals surface area contributed by atoms with E-state index in [1.165, 1.54) is 0 Å². The normalized spacial score (nSPS) is 16.6. The molecule has 150 valence electrons. The molecule has 0 unspecified atom stereocenters. The van der Waals surface area contributed by atoms with E-state index < -0.39 is 12.1 Å². The fourth-order valence-corrected chi connectivity index (χ4v) is 3.07. The van der Waals surface area contributed by atoms with Crippen molar-refractivity contribution in [3.8, 4) is 0 Å². The molecule has 2 atom stereocenters. The van der Waals surface area contributed by atoms with Crippen molar-refractivity contribution in [2.24, 2.45) is 5.73 Å². The number of nitrogens with two attached hydrogens (primary N) is 1. The van der Waals surface area contributed by atoms with E-state index in [0.29, 0.717) is 18.7 Å². The molecule has 0 bridgehead atoms. The minimum atomic E-state index is -0.657. The molecule has 1 heterocycles. The van der Waals surface area contributed by atoms with Crippen LogP contribution in [0.25, 0.3) is 5.57 Å². The molecule has 7 nitrogen and oxygen atoms in total. The predicted molar refractivity (Wildman–Crippen MR) is 113 cm³/mol. The molecule has 0 radical (unpaired) electrons. The Morgan fingerprint density at radius 1 is 1.17 bits per heavy atom. The maximum Gasteiger partial charge on any atom is 0.242 e. The van der Waals surface area contributed by atoms with Gasteiger partial charge in [-0.25, -0.2) is 0 Å². The van der Waals surface area contributed by atoms with E-state index in [-0.39, 0.29) is 17.6 Å². The van der Waals surface area contributed by atoms with Crippen LogP contribution in [0.5, 0.6) is 0 Å². The van der Waals surface area contributed by atoms with Gasteiger partial charge in [-0.1, -0.05) is 60.7 Å². The fourth-order valence-electron chi connectivity index (χ4n) is 3.07. The quantitative estimate of drug-likeness (QED) is 0.359. The van der Waals surface area contributed by atoms with Gasteiger partial charge in [0, 0.05) is 18.7 Å². The lowest BCUT2D eigenvalue weighted by molar-refractivity contribution is -0.129. The number of carbonyl (C=O) groups is 2. The van der Waals surface area contributed by atoms with Crippen LogP contribution in [0.4, 0.5) is 0 Å². The molecule has 0 saturated carbocycles. The van der Waals surface area contributed by atoms with Gasteiger partial charge in [-0.3, -0.25) is 20.3 Å². The molecule has 0 aliphatic carbocycles. The van der Waals surface area contributed by atoms with Gasteiger partial charge >= 0.3 is 0 Å². The van der Waals surface area contributed by atoms with E-state index >= 15 is 0 Å². The zero-order chi connectivity index (χ0) is 20.8. The van der Waals surface area contributed by atoms with Crippen molar-refractivity contribution in [3.05, 3.63) is 77.4 Å². The maximum absolute atomic E-state index is 12.5. The van der Waals surface area contributed by atoms with E-state index in [4.69, 9.17) is 11.1 Å². The van der Waals surface area contributed by atoms with E-state index in [9.17, 15) is 9.59 Å². The third kappa shape index (κ3) is 5.30. The fraction of sp³-hybridized carbons (Fsp3) is 0.227. The summed E-state index contributed by atoms with van der Waals surface area (Å²) in [5, 5.41) is 16.1. The van der Waals surface area contributed by atoms with Gasteiger partial charge in [0.25, 0.3) is 0 Å². The van der Waals surface area contributed by atoms with Crippen LogP contribution in [-0.2, 0) is 16.1 Å². The first-order valence-electron chi connectivity index (χ1n) is 9.45. The molecule has 2 aromatic carbocycles. The van der Waals surface area contributed by atoms with Gasteiger partial charge in [0.05, 0.1) is 0 Å². The summed E-state index contributed by atoms with van der Waals surface area (Å²) in [6.07, 6.45) is 1.89. The van der Waals surface area contributed by atoms with E-state index in [2.05, 4.69) is 16.0 Å². The van der Waals surface area contributed by atoms with Crippen LogP contribution in [0.15, 0.2) is 60.7 Å². The van der Waals surface area contributed by atoms with Gasteiger partial charge < -0.3 is 16.4 Å². The molecule has 0 spiro atoms. The Hall–Kier alpha value is -3.45. The summed E-state index contributed by atoms with van der Waals surface area (Å²) in [5.41, 5.74) is 9.09. The highest BCUT2D eigenvalue weighted by Crippen LogP contribution is 2.18. The van der Waals surface area contributed by atoms with E-state index in [1.54, 1.807) is 31.2 Å². The first-order chi connectivity index (χ1) is 13.9. The second kappa shape index (κ2) is 9.16. The third-order valence-corrected chi connectivity index (χ3v) is 4.79. The minimum Gasteiger partial charge on any atom is -0.384 e. The molecule has 0 aromatic heterocycles. The largest absolute Gasteiger partial charge is 0.384 e. The van der Waals surface area contributed by atoms with E-state index in [1.807, 2.05) is 36.4 Å². The van der Waals surface area contributed by atoms with Gasteiger partial charge in [0.2, 0.25) is 11.8 Å². The Morgan fingerprint density at radius 3 is 2.52 bits per heavy atom. The van der Waals surface area contributed by atoms with Gasteiger partial charge in [-0.15, -0.1) is 0 Å². The Labute approximate surface area is 169 Å². The summed E-state index contributed by atoms with van der Waals surface area (Å²) in [5.74, 6) is -0.495. The lowest BCUT2D eigenvalue weighted by Crippen LogP contribution is -2.49. The van der Waals surface area contributed by atoms with Crippen LogP contribution in [0.3, 0.4) is 0 Å². The molecule has 6 N–H and O–H groups in total. The second-order valence-electron chi connectivity index (χ2n) is 6.98. The van der Waals surface area contributed by atoms with Crippen LogP contribution in [0.2, 0.25) is 0 Å². The molecule has 1 aliphatic rings. The number of hydrogen-bond acceptors (Lipinski definition) is 4. The molecule has 29 heavy (non-hydrogen) atoms. The van der Waals surface area contributed by atoms with Crippen molar-refractivity contribution in [1.29, 1.82) is 5.41 Å². The lowest BCUT2D eigenvalue weighted by Gasteiger charge is -2.16. The summed E-state index contributed by atoms with van der Waals surface area (Å²) < 4.78 is 0. The molecule has 0 saturated heterocycles. The molecular formula is C22H25N5O2. The molecule has 2 amide bonds. The summed E-state index contributed by atoms with van der Waals surface area (Å²) in [6.45, 7) is 2.60. The van der Waals surface area contributed by atoms with Crippen molar-refractivity contribution in [1.82, 2.24) is 16.0 Å². The highest BCUT2D eigenvalue weighted by atomic mass is 16.2. The van der Waals surface area contributed by atoms with Crippen molar-refractivity contribution in [3.63, 3.8) is 0 Å². The topological polar surface area (TPSA) is 120 Å². The lowest BCUT2D eigenvalue weighted by atomic mass is 10.1. The summed E-state index contributed by atoms with van der Waals surface area (Å²) in [4.78, 5) is 24.8. The number of carbonyl (C=O) groups excluding carboxylic acids is 2. The second-order valence-corrected chi connectivity index (χ2v) is 6.98. The SMILES string of the molecule is C[C@H](NC(=O)[C@H]1C=C(c2ccccc2)CN1)C(=O)NCc1ccc(C(=N)N)cc1. The molecule has 3 rings (SSSR count). The molecule has 7 heteroatoms. The number of nitrogen functional groups attached to an aromatic ring is 1. The van der Waals surface area contributed by atoms with Crippen LogP contribution < -0.4 is 21.7 Å². The smallest absolute Gasteiger partial charge is 0.242 e. The highest BCUT2D eigenvalue weighted by Gasteiger charge is 2.25. The average Bonchev–Trinajstić information content (AvgIpc) is 3.23. The standard InChI is InChI=1S/C22H25N5O2/c1-14(21(28)26-12-15-7-9-17(10-8-15)20(23)24)27-22(29)19-11-18(13-25-19)16-5-3-2-4-6-16/h2-11,14,19,25H,12-13H2,1H3,(H3,23,24)(H,26,28)(H,27,29)/t14-,19+/m0/s1. The molecule has 2 aromatic rings. The number of benzene rings is 2. The first kappa shape index (κ1) is 20.3. The zero-order valence-corrected chi connectivity index (χ0v) is 16.2. The zero-order valence-electron chi connectivity index (χ0n) is 16.2. The number of amidine groups is 1. The van der Waals surface area contributed by atoms with Gasteiger partial charge in [-0.05, 0) is 23.6 Å². The molecule has 1 aliphatic heterocycles. The van der Waals surface area contributed by atoms with Crippen LogP contribution in [0, 0.1) is 5.41 Å². The van der Waals surface area contributed by atoms with Gasteiger partial charge in [0.1, 0.15) is 17.9 Å². The summed E-state index contributed by atoms with van der Waals surface area (Å²) in [7, 11) is 0. The molecular weight excluding hydrogens is 366 g/mol. The Kier molecular flexibility index (Phi) is 6.41. The highest BCUT2D eigenvalue weighted by molar-refractivity contribution is 5.95. The number of hydrogen-bond donors (Lipinski definition) is 5. The van der Waals surface area contributed by atoms with Crippen molar-refractivity contribution >= 4 is 23.2 Å². The van der Waals surface area contributed by atoms with Crippen molar-refractivity contribution in [2.75, 3.05) is 6.54 Å². The Morgan fingerprint density at radius 2 is 1.86 bits per heavy atom. The van der Waals surface area contributed by atoms with Gasteiger partial charge in [0.15, 0.2) is 0 Å². The summed E-state index contributed by atoms with van der Waals surface area (Å²) >= 11 is 0. The average molecular weight is 391 g/mol. The maximum atomic E-state index is 12.5. The predicted octanol–water partition coefficient (Wildman–Crippen LogP) is 1.15. The Bertz CT molecular complexity index is 922. The van der Waals surface area contributed by atoms with Crippen LogP contribution >= 0.6 is 0 Å². The van der Waals surface area contributed by atoms with Gasteiger partial charge in [-0.2, -0.15) is 0 Å². The van der Waals surface area contributed by atoms with Crippen molar-refractivity contribution in [2.45, 2.75) is 25.6 Å². The molecule has 0 fully saturated rings. The Balaban J connectivity index is 1.49. The van der Waals surface area contributed by atoms with E-state index in [0.717, 1.165) is 16.7 Å². The third-order valence-electron chi connectivity index (χ3n) is 4.79. The minimum absolute atomic E-state index is 0.00177. The summed E-state index contributed by atoms with van der Waals surface area (Å²) in [6, 6.07) is 15.8.